The molecule has 2 atom stereocenters. The van der Waals surface area contributed by atoms with Gasteiger partial charge in [0.05, 0.1) is 6.10 Å². The van der Waals surface area contributed by atoms with Crippen LogP contribution < -0.4 is 10.6 Å². The molecule has 1 aliphatic rings. The molecule has 1 fully saturated rings. The highest BCUT2D eigenvalue weighted by atomic mass is 19.1. The molecule has 134 valence electrons. The number of hydrogen-bond acceptors (Lipinski definition) is 4. The molecule has 2 unspecified atom stereocenters. The van der Waals surface area contributed by atoms with Gasteiger partial charge in [0, 0.05) is 50.9 Å². The minimum Gasteiger partial charge on any atom is -0.386 e. The van der Waals surface area contributed by atoms with Gasteiger partial charge < -0.3 is 20.6 Å². The van der Waals surface area contributed by atoms with Crippen molar-refractivity contribution in [2.24, 2.45) is 0 Å². The van der Waals surface area contributed by atoms with Gasteiger partial charge in [-0.2, -0.15) is 0 Å². The summed E-state index contributed by atoms with van der Waals surface area (Å²) in [6, 6.07) is 5.66. The molecule has 1 aliphatic heterocycles. The van der Waals surface area contributed by atoms with Crippen LogP contribution >= 0.6 is 0 Å². The highest BCUT2D eigenvalue weighted by Gasteiger charge is 2.18. The minimum atomic E-state index is -1.06. The fourth-order valence-electron chi connectivity index (χ4n) is 2.78. The number of piperazine rings is 1. The Hall–Kier alpha value is -1.70. The van der Waals surface area contributed by atoms with Crippen LogP contribution in [0.3, 0.4) is 0 Å². The fraction of sp³-hybridized carbons (Fsp3) is 0.588. The molecule has 3 N–H and O–H groups in total. The third-order valence-corrected chi connectivity index (χ3v) is 4.23. The number of likely N-dealkylation sites (N-methyl/N-ethyl adjacent to an activating group) is 1. The Morgan fingerprint density at radius 3 is 2.62 bits per heavy atom. The topological polar surface area (TPSA) is 67.8 Å². The van der Waals surface area contributed by atoms with Crippen molar-refractivity contribution in [3.05, 3.63) is 35.6 Å². The van der Waals surface area contributed by atoms with E-state index < -0.39 is 11.9 Å². The lowest BCUT2D eigenvalue weighted by atomic mass is 10.1. The maximum absolute atomic E-state index is 13.6. The van der Waals surface area contributed by atoms with Gasteiger partial charge in [0.1, 0.15) is 5.82 Å². The SMILES string of the molecule is CC(CN1CCN(C)CC1)NC(=O)NCC(O)c1ccccc1F. The number of nitrogens with one attached hydrogen (secondary N) is 2. The summed E-state index contributed by atoms with van der Waals surface area (Å²) >= 11 is 0. The Kier molecular flexibility index (Phi) is 6.96. The van der Waals surface area contributed by atoms with Crippen LogP contribution in [0.5, 0.6) is 0 Å². The van der Waals surface area contributed by atoms with Gasteiger partial charge in [-0.1, -0.05) is 18.2 Å². The fourth-order valence-corrected chi connectivity index (χ4v) is 2.78. The van der Waals surface area contributed by atoms with Crippen LogP contribution in [0.2, 0.25) is 0 Å². The van der Waals surface area contributed by atoms with Crippen molar-refractivity contribution < 1.29 is 14.3 Å². The molecule has 0 bridgehead atoms. The summed E-state index contributed by atoms with van der Waals surface area (Å²) in [5.41, 5.74) is 0.184. The van der Waals surface area contributed by atoms with Crippen LogP contribution in [0.1, 0.15) is 18.6 Å². The van der Waals surface area contributed by atoms with Crippen molar-refractivity contribution in [3.8, 4) is 0 Å². The van der Waals surface area contributed by atoms with E-state index >= 15 is 0 Å². The van der Waals surface area contributed by atoms with Gasteiger partial charge in [0.25, 0.3) is 0 Å². The largest absolute Gasteiger partial charge is 0.386 e. The summed E-state index contributed by atoms with van der Waals surface area (Å²) in [7, 11) is 2.10. The normalized spacial score (nSPS) is 18.8. The molecular formula is C17H27FN4O2. The smallest absolute Gasteiger partial charge is 0.315 e. The van der Waals surface area contributed by atoms with Crippen LogP contribution in [-0.2, 0) is 0 Å². The zero-order valence-corrected chi connectivity index (χ0v) is 14.3. The first-order valence-corrected chi connectivity index (χ1v) is 8.33. The molecule has 1 aromatic rings. The number of benzene rings is 1. The Morgan fingerprint density at radius 2 is 1.96 bits per heavy atom. The quantitative estimate of drug-likeness (QED) is 0.718. The lowest BCUT2D eigenvalue weighted by molar-refractivity contribution is 0.143. The van der Waals surface area contributed by atoms with Gasteiger partial charge in [-0.25, -0.2) is 9.18 Å². The Balaban J connectivity index is 1.70. The van der Waals surface area contributed by atoms with E-state index in [-0.39, 0.29) is 24.2 Å². The third kappa shape index (κ3) is 5.74. The zero-order chi connectivity index (χ0) is 17.5. The second-order valence-corrected chi connectivity index (χ2v) is 6.40. The number of aliphatic hydroxyl groups excluding tert-OH is 1. The van der Waals surface area contributed by atoms with E-state index in [1.807, 2.05) is 6.92 Å². The second kappa shape index (κ2) is 8.96. The first-order valence-electron chi connectivity index (χ1n) is 8.33. The lowest BCUT2D eigenvalue weighted by Crippen LogP contribution is -2.51. The van der Waals surface area contributed by atoms with E-state index in [0.717, 1.165) is 32.7 Å². The molecule has 0 radical (unpaired) electrons. The highest BCUT2D eigenvalue weighted by Crippen LogP contribution is 2.15. The van der Waals surface area contributed by atoms with Gasteiger partial charge in [0.15, 0.2) is 0 Å². The van der Waals surface area contributed by atoms with E-state index in [2.05, 4.69) is 27.5 Å². The molecule has 2 amide bonds. The molecule has 1 saturated heterocycles. The van der Waals surface area contributed by atoms with Gasteiger partial charge in [-0.3, -0.25) is 4.90 Å². The molecule has 0 aliphatic carbocycles. The highest BCUT2D eigenvalue weighted by molar-refractivity contribution is 5.74. The first-order chi connectivity index (χ1) is 11.5. The van der Waals surface area contributed by atoms with Crippen LogP contribution in [0, 0.1) is 5.82 Å². The predicted octanol–water partition coefficient (Wildman–Crippen LogP) is 0.794. The lowest BCUT2D eigenvalue weighted by Gasteiger charge is -2.34. The van der Waals surface area contributed by atoms with Gasteiger partial charge in [0.2, 0.25) is 0 Å². The number of carbonyl (C=O) groups excluding carboxylic acids is 1. The maximum Gasteiger partial charge on any atom is 0.315 e. The van der Waals surface area contributed by atoms with E-state index in [9.17, 15) is 14.3 Å². The molecule has 6 nitrogen and oxygen atoms in total. The van der Waals surface area contributed by atoms with Gasteiger partial charge in [-0.15, -0.1) is 0 Å². The Labute approximate surface area is 142 Å². The van der Waals surface area contributed by atoms with Crippen molar-refractivity contribution in [3.63, 3.8) is 0 Å². The number of carbonyl (C=O) groups is 1. The van der Waals surface area contributed by atoms with E-state index in [1.54, 1.807) is 12.1 Å². The standard InChI is InChI=1S/C17H27FN4O2/c1-13(12-22-9-7-21(2)8-10-22)20-17(24)19-11-16(23)14-5-3-4-6-15(14)18/h3-6,13,16,23H,7-12H2,1-2H3,(H2,19,20,24). The van der Waals surface area contributed by atoms with E-state index in [1.165, 1.54) is 12.1 Å². The molecule has 0 saturated carbocycles. The molecule has 1 heterocycles. The number of aliphatic hydroxyl groups is 1. The summed E-state index contributed by atoms with van der Waals surface area (Å²) in [5, 5.41) is 15.4. The first kappa shape index (κ1) is 18.6. The summed E-state index contributed by atoms with van der Waals surface area (Å²) < 4.78 is 13.6. The number of halogens is 1. The Morgan fingerprint density at radius 1 is 1.29 bits per heavy atom. The second-order valence-electron chi connectivity index (χ2n) is 6.40. The molecular weight excluding hydrogens is 311 g/mol. The number of nitrogens with zero attached hydrogens (tertiary/aromatic N) is 2. The summed E-state index contributed by atoms with van der Waals surface area (Å²) in [6.07, 6.45) is -1.06. The molecule has 1 aromatic carbocycles. The average Bonchev–Trinajstić information content (AvgIpc) is 2.55. The van der Waals surface area contributed by atoms with Crippen molar-refractivity contribution in [2.45, 2.75) is 19.1 Å². The molecule has 0 spiro atoms. The number of rotatable bonds is 6. The third-order valence-electron chi connectivity index (χ3n) is 4.23. The summed E-state index contributed by atoms with van der Waals surface area (Å²) in [5.74, 6) is -0.476. The van der Waals surface area contributed by atoms with Crippen molar-refractivity contribution in [2.75, 3.05) is 46.3 Å². The van der Waals surface area contributed by atoms with Gasteiger partial charge >= 0.3 is 6.03 Å². The minimum absolute atomic E-state index is 0.000916. The van der Waals surface area contributed by atoms with Crippen molar-refractivity contribution in [1.82, 2.24) is 20.4 Å². The van der Waals surface area contributed by atoms with Crippen LogP contribution in [0.15, 0.2) is 24.3 Å². The van der Waals surface area contributed by atoms with Gasteiger partial charge in [-0.05, 0) is 20.0 Å². The number of urea groups is 1. The number of hydrogen-bond donors (Lipinski definition) is 3. The van der Waals surface area contributed by atoms with Crippen LogP contribution in [0.25, 0.3) is 0 Å². The molecule has 0 aromatic heterocycles. The van der Waals surface area contributed by atoms with Crippen LogP contribution in [0.4, 0.5) is 9.18 Å². The summed E-state index contributed by atoms with van der Waals surface area (Å²) in [6.45, 7) is 6.77. The van der Waals surface area contributed by atoms with Crippen LogP contribution in [-0.4, -0.2) is 73.3 Å². The number of amides is 2. The van der Waals surface area contributed by atoms with Crippen molar-refractivity contribution >= 4 is 6.03 Å². The maximum atomic E-state index is 13.6. The zero-order valence-electron chi connectivity index (χ0n) is 14.3. The van der Waals surface area contributed by atoms with Crippen molar-refractivity contribution in [1.29, 1.82) is 0 Å². The van der Waals surface area contributed by atoms with E-state index in [4.69, 9.17) is 0 Å². The van der Waals surface area contributed by atoms with E-state index in [0.29, 0.717) is 0 Å². The molecule has 2 rings (SSSR count). The average molecular weight is 338 g/mol. The predicted molar refractivity (Wildman–Crippen MR) is 91.3 cm³/mol. The Bertz CT molecular complexity index is 535. The molecule has 24 heavy (non-hydrogen) atoms. The summed E-state index contributed by atoms with van der Waals surface area (Å²) in [4.78, 5) is 16.5. The molecule has 7 heteroatoms. The monoisotopic (exact) mass is 338 g/mol.